The van der Waals surface area contributed by atoms with Gasteiger partial charge in [0.05, 0.1) is 5.54 Å². The van der Waals surface area contributed by atoms with E-state index in [2.05, 4.69) is 40.4 Å². The van der Waals surface area contributed by atoms with E-state index in [4.69, 9.17) is 0 Å². The highest BCUT2D eigenvalue weighted by molar-refractivity contribution is 4.96. The van der Waals surface area contributed by atoms with Gasteiger partial charge >= 0.3 is 0 Å². The maximum Gasteiger partial charge on any atom is 0.138 e. The Balaban J connectivity index is 1.62. The molecule has 100 valence electrons. The number of aromatic nitrogens is 3. The van der Waals surface area contributed by atoms with E-state index in [0.717, 1.165) is 30.7 Å². The van der Waals surface area contributed by atoms with Crippen molar-refractivity contribution in [2.24, 2.45) is 5.92 Å². The first-order chi connectivity index (χ1) is 8.54. The summed E-state index contributed by atoms with van der Waals surface area (Å²) in [6.07, 6.45) is 7.03. The fourth-order valence-corrected chi connectivity index (χ4v) is 3.54. The molecule has 2 fully saturated rings. The Morgan fingerprint density at radius 3 is 2.78 bits per heavy atom. The van der Waals surface area contributed by atoms with Gasteiger partial charge in [0.25, 0.3) is 0 Å². The van der Waals surface area contributed by atoms with Crippen molar-refractivity contribution in [3.63, 3.8) is 0 Å². The molecule has 1 aliphatic heterocycles. The number of piperidine rings is 1. The predicted molar refractivity (Wildman–Crippen MR) is 71.4 cm³/mol. The van der Waals surface area contributed by atoms with Gasteiger partial charge in [0.2, 0.25) is 0 Å². The molecule has 1 aliphatic carbocycles. The molecule has 1 aromatic heterocycles. The van der Waals surface area contributed by atoms with Crippen molar-refractivity contribution in [2.75, 3.05) is 13.1 Å². The predicted octanol–water partition coefficient (Wildman–Crippen LogP) is 2.06. The molecule has 0 spiro atoms. The zero-order valence-corrected chi connectivity index (χ0v) is 11.8. The molecule has 3 rings (SSSR count). The van der Waals surface area contributed by atoms with Crippen LogP contribution in [0.15, 0.2) is 6.33 Å². The summed E-state index contributed by atoms with van der Waals surface area (Å²) in [7, 11) is 0. The van der Waals surface area contributed by atoms with E-state index in [1.54, 1.807) is 6.33 Å². The molecule has 4 nitrogen and oxygen atoms in total. The van der Waals surface area contributed by atoms with Gasteiger partial charge in [-0.05, 0) is 46.0 Å². The molecule has 4 heteroatoms. The summed E-state index contributed by atoms with van der Waals surface area (Å²) in [6, 6.07) is 0.862. The minimum Gasteiger partial charge on any atom is -0.300 e. The van der Waals surface area contributed by atoms with Gasteiger partial charge in [-0.25, -0.2) is 9.67 Å². The standard InChI is InChI=1S/C14H24N4/c1-14(2,3)18-13(15-10-16-18)6-7-17-9-11-4-5-12(17)8-11/h10-12H,4-9H2,1-3H3/t11-,12+/m1/s1. The van der Waals surface area contributed by atoms with Crippen LogP contribution >= 0.6 is 0 Å². The summed E-state index contributed by atoms with van der Waals surface area (Å²) in [5.41, 5.74) is 0.0375. The fourth-order valence-electron chi connectivity index (χ4n) is 3.54. The lowest BCUT2D eigenvalue weighted by atomic mass is 10.1. The van der Waals surface area contributed by atoms with Gasteiger partial charge in [0.15, 0.2) is 0 Å². The first-order valence-electron chi connectivity index (χ1n) is 7.17. The third-order valence-electron chi connectivity index (χ3n) is 4.40. The summed E-state index contributed by atoms with van der Waals surface area (Å²) < 4.78 is 2.07. The van der Waals surface area contributed by atoms with E-state index in [1.807, 2.05) is 0 Å². The molecule has 0 aromatic carbocycles. The molecule has 2 heterocycles. The van der Waals surface area contributed by atoms with Crippen molar-refractivity contribution in [1.82, 2.24) is 19.7 Å². The highest BCUT2D eigenvalue weighted by Crippen LogP contribution is 2.37. The summed E-state index contributed by atoms with van der Waals surface area (Å²) in [4.78, 5) is 7.09. The largest absolute Gasteiger partial charge is 0.300 e. The molecule has 0 N–H and O–H groups in total. The Morgan fingerprint density at radius 1 is 1.33 bits per heavy atom. The Bertz CT molecular complexity index is 418. The van der Waals surface area contributed by atoms with E-state index >= 15 is 0 Å². The maximum absolute atomic E-state index is 4.43. The van der Waals surface area contributed by atoms with Crippen LogP contribution < -0.4 is 0 Å². The SMILES string of the molecule is CC(C)(C)n1ncnc1CCN1C[C@@H]2CC[C@H]1C2. The Labute approximate surface area is 109 Å². The molecule has 1 aromatic rings. The zero-order valence-electron chi connectivity index (χ0n) is 11.8. The fraction of sp³-hybridized carbons (Fsp3) is 0.857. The first kappa shape index (κ1) is 12.2. The third-order valence-corrected chi connectivity index (χ3v) is 4.40. The van der Waals surface area contributed by atoms with Crippen molar-refractivity contribution in [3.8, 4) is 0 Å². The summed E-state index contributed by atoms with van der Waals surface area (Å²) in [5, 5.41) is 4.37. The second kappa shape index (κ2) is 4.34. The van der Waals surface area contributed by atoms with Gasteiger partial charge < -0.3 is 0 Å². The Morgan fingerprint density at radius 2 is 2.17 bits per heavy atom. The van der Waals surface area contributed by atoms with Crippen molar-refractivity contribution in [1.29, 1.82) is 0 Å². The van der Waals surface area contributed by atoms with E-state index in [9.17, 15) is 0 Å². The lowest BCUT2D eigenvalue weighted by Crippen LogP contribution is -2.35. The molecule has 2 atom stereocenters. The maximum atomic E-state index is 4.43. The van der Waals surface area contributed by atoms with Gasteiger partial charge in [0, 0.05) is 25.6 Å². The van der Waals surface area contributed by atoms with Crippen LogP contribution in [-0.2, 0) is 12.0 Å². The molecule has 2 bridgehead atoms. The van der Waals surface area contributed by atoms with Gasteiger partial charge in [-0.15, -0.1) is 0 Å². The van der Waals surface area contributed by atoms with E-state index in [-0.39, 0.29) is 5.54 Å². The molecule has 0 amide bonds. The van der Waals surface area contributed by atoms with Gasteiger partial charge in [-0.1, -0.05) is 0 Å². The molecule has 1 saturated carbocycles. The minimum atomic E-state index is 0.0375. The number of rotatable bonds is 3. The quantitative estimate of drug-likeness (QED) is 0.821. The van der Waals surface area contributed by atoms with E-state index in [1.165, 1.54) is 25.8 Å². The van der Waals surface area contributed by atoms with Gasteiger partial charge in [-0.2, -0.15) is 5.10 Å². The molecule has 0 unspecified atom stereocenters. The molecular formula is C14H24N4. The number of hydrogen-bond donors (Lipinski definition) is 0. The van der Waals surface area contributed by atoms with Crippen LogP contribution in [-0.4, -0.2) is 38.8 Å². The lowest BCUT2D eigenvalue weighted by molar-refractivity contribution is 0.212. The monoisotopic (exact) mass is 248 g/mol. The minimum absolute atomic E-state index is 0.0375. The van der Waals surface area contributed by atoms with E-state index in [0.29, 0.717) is 0 Å². The molecule has 1 saturated heterocycles. The Hall–Kier alpha value is -0.900. The molecule has 18 heavy (non-hydrogen) atoms. The second-order valence-corrected chi connectivity index (χ2v) is 6.84. The van der Waals surface area contributed by atoms with Gasteiger partial charge in [-0.3, -0.25) is 4.90 Å². The molecule has 2 aliphatic rings. The van der Waals surface area contributed by atoms with Crippen LogP contribution in [0.2, 0.25) is 0 Å². The van der Waals surface area contributed by atoms with Crippen LogP contribution in [0.5, 0.6) is 0 Å². The van der Waals surface area contributed by atoms with E-state index < -0.39 is 0 Å². The van der Waals surface area contributed by atoms with Gasteiger partial charge in [0.1, 0.15) is 12.2 Å². The zero-order chi connectivity index (χ0) is 12.8. The summed E-state index contributed by atoms with van der Waals surface area (Å²) >= 11 is 0. The third kappa shape index (κ3) is 2.18. The lowest BCUT2D eigenvalue weighted by Gasteiger charge is -2.27. The highest BCUT2D eigenvalue weighted by atomic mass is 15.4. The van der Waals surface area contributed by atoms with Crippen LogP contribution in [0.25, 0.3) is 0 Å². The van der Waals surface area contributed by atoms with Crippen molar-refractivity contribution < 1.29 is 0 Å². The molecular weight excluding hydrogens is 224 g/mol. The number of likely N-dealkylation sites (tertiary alicyclic amines) is 1. The van der Waals surface area contributed by atoms with Crippen LogP contribution in [0.1, 0.15) is 45.9 Å². The first-order valence-corrected chi connectivity index (χ1v) is 7.17. The van der Waals surface area contributed by atoms with Crippen LogP contribution in [0.3, 0.4) is 0 Å². The smallest absolute Gasteiger partial charge is 0.138 e. The topological polar surface area (TPSA) is 34.0 Å². The average molecular weight is 248 g/mol. The van der Waals surface area contributed by atoms with Crippen molar-refractivity contribution >= 4 is 0 Å². The Kier molecular flexibility index (Phi) is 2.93. The second-order valence-electron chi connectivity index (χ2n) is 6.84. The van der Waals surface area contributed by atoms with Crippen molar-refractivity contribution in [2.45, 2.75) is 58.0 Å². The molecule has 0 radical (unpaired) electrons. The number of fused-ring (bicyclic) bond motifs is 2. The number of hydrogen-bond acceptors (Lipinski definition) is 3. The highest BCUT2D eigenvalue weighted by Gasteiger charge is 2.37. The summed E-state index contributed by atoms with van der Waals surface area (Å²) in [6.45, 7) is 9.01. The average Bonchev–Trinajstić information content (AvgIpc) is 3.00. The number of nitrogens with zero attached hydrogens (tertiary/aromatic N) is 4. The van der Waals surface area contributed by atoms with Crippen molar-refractivity contribution in [3.05, 3.63) is 12.2 Å². The normalized spacial score (nSPS) is 28.2. The van der Waals surface area contributed by atoms with Crippen LogP contribution in [0.4, 0.5) is 0 Å². The summed E-state index contributed by atoms with van der Waals surface area (Å²) in [5.74, 6) is 2.11. The van der Waals surface area contributed by atoms with Crippen LogP contribution in [0, 0.1) is 5.92 Å².